The fourth-order valence-electron chi connectivity index (χ4n) is 1.99. The van der Waals surface area contributed by atoms with Gasteiger partial charge in [0, 0.05) is 12.1 Å². The van der Waals surface area contributed by atoms with Crippen LogP contribution in [0.1, 0.15) is 25.2 Å². The summed E-state index contributed by atoms with van der Waals surface area (Å²) in [5.74, 6) is -0.184. The maximum absolute atomic E-state index is 13.1. The number of benzene rings is 1. The third kappa shape index (κ3) is 5.56. The molecule has 1 aromatic carbocycles. The molecule has 2 rings (SSSR count). The molecule has 134 valence electrons. The van der Waals surface area contributed by atoms with Crippen molar-refractivity contribution in [3.8, 4) is 0 Å². The minimum absolute atomic E-state index is 0.105. The summed E-state index contributed by atoms with van der Waals surface area (Å²) in [6.45, 7) is 5.23. The molecule has 1 unspecified atom stereocenters. The maximum Gasteiger partial charge on any atom is 0.246 e. The maximum atomic E-state index is 13.1. The van der Waals surface area contributed by atoms with Crippen molar-refractivity contribution >= 4 is 29.3 Å². The monoisotopic (exact) mass is 365 g/mol. The topological polar surface area (TPSA) is 99.8 Å². The van der Waals surface area contributed by atoms with Gasteiger partial charge in [-0.3, -0.25) is 14.7 Å². The largest absolute Gasteiger partial charge is 0.344 e. The summed E-state index contributed by atoms with van der Waals surface area (Å²) in [6.07, 6.45) is 0.736. The normalized spacial score (nSPS) is 11.8. The number of anilines is 1. The van der Waals surface area contributed by atoms with E-state index in [0.717, 1.165) is 12.2 Å². The predicted molar refractivity (Wildman–Crippen MR) is 93.9 cm³/mol. The molecule has 0 saturated carbocycles. The van der Waals surface area contributed by atoms with E-state index in [0.29, 0.717) is 16.4 Å². The molecule has 2 amide bonds. The number of thioether (sulfide) groups is 1. The number of hydrogen-bond acceptors (Lipinski definition) is 5. The molecular formula is C16H20FN5O2S. The molecule has 1 atom stereocenters. The van der Waals surface area contributed by atoms with E-state index in [2.05, 4.69) is 25.8 Å². The van der Waals surface area contributed by atoms with Crippen LogP contribution in [0, 0.1) is 12.7 Å². The third-order valence-electron chi connectivity index (χ3n) is 3.40. The Morgan fingerprint density at radius 1 is 1.40 bits per heavy atom. The summed E-state index contributed by atoms with van der Waals surface area (Å²) in [4.78, 5) is 28.3. The minimum atomic E-state index is -0.726. The van der Waals surface area contributed by atoms with Crippen molar-refractivity contribution in [2.45, 2.75) is 38.4 Å². The first-order valence-electron chi connectivity index (χ1n) is 7.79. The van der Waals surface area contributed by atoms with Crippen LogP contribution in [0.25, 0.3) is 0 Å². The number of carbonyl (C=O) groups is 2. The molecule has 0 fully saturated rings. The molecule has 0 saturated heterocycles. The number of rotatable bonds is 7. The summed E-state index contributed by atoms with van der Waals surface area (Å²) in [7, 11) is 0. The van der Waals surface area contributed by atoms with Gasteiger partial charge in [0.05, 0.1) is 5.75 Å². The van der Waals surface area contributed by atoms with E-state index in [9.17, 15) is 14.0 Å². The van der Waals surface area contributed by atoms with Crippen molar-refractivity contribution in [2.75, 3.05) is 11.1 Å². The summed E-state index contributed by atoms with van der Waals surface area (Å²) in [5, 5.41) is 12.5. The van der Waals surface area contributed by atoms with Crippen LogP contribution in [0.3, 0.4) is 0 Å². The van der Waals surface area contributed by atoms with Crippen LogP contribution in [0.15, 0.2) is 23.4 Å². The molecule has 0 bridgehead atoms. The molecule has 7 nitrogen and oxygen atoms in total. The van der Waals surface area contributed by atoms with E-state index in [1.807, 2.05) is 6.92 Å². The molecule has 0 radical (unpaired) electrons. The number of nitrogens with zero attached hydrogens (tertiary/aromatic N) is 2. The van der Waals surface area contributed by atoms with Gasteiger partial charge in [-0.05, 0) is 37.6 Å². The zero-order valence-electron chi connectivity index (χ0n) is 14.2. The number of hydrogen-bond donors (Lipinski definition) is 3. The zero-order valence-corrected chi connectivity index (χ0v) is 15.0. The number of nitrogens with one attached hydrogen (secondary N) is 3. The summed E-state index contributed by atoms with van der Waals surface area (Å²) in [6, 6.07) is 3.36. The minimum Gasteiger partial charge on any atom is -0.344 e. The van der Waals surface area contributed by atoms with Gasteiger partial charge in [0.15, 0.2) is 0 Å². The van der Waals surface area contributed by atoms with Gasteiger partial charge in [-0.15, -0.1) is 5.10 Å². The molecule has 0 aliphatic heterocycles. The average molecular weight is 365 g/mol. The lowest BCUT2D eigenvalue weighted by atomic mass is 10.2. The van der Waals surface area contributed by atoms with Gasteiger partial charge >= 0.3 is 0 Å². The molecule has 25 heavy (non-hydrogen) atoms. The molecule has 3 N–H and O–H groups in total. The van der Waals surface area contributed by atoms with Crippen LogP contribution in [-0.4, -0.2) is 38.8 Å². The van der Waals surface area contributed by atoms with E-state index >= 15 is 0 Å². The molecule has 0 aliphatic rings. The fourth-order valence-corrected chi connectivity index (χ4v) is 2.62. The highest BCUT2D eigenvalue weighted by atomic mass is 32.2. The summed E-state index contributed by atoms with van der Waals surface area (Å²) < 4.78 is 13.1. The zero-order chi connectivity index (χ0) is 18.4. The Hall–Kier alpha value is -2.42. The van der Waals surface area contributed by atoms with Crippen molar-refractivity contribution in [1.82, 2.24) is 20.5 Å². The second-order valence-electron chi connectivity index (χ2n) is 5.44. The Balaban J connectivity index is 1.82. The molecule has 1 aromatic heterocycles. The number of halogens is 1. The van der Waals surface area contributed by atoms with E-state index < -0.39 is 6.04 Å². The molecule has 2 aromatic rings. The second-order valence-corrected chi connectivity index (χ2v) is 6.39. The van der Waals surface area contributed by atoms with Gasteiger partial charge in [-0.2, -0.15) is 0 Å². The van der Waals surface area contributed by atoms with Gasteiger partial charge < -0.3 is 10.6 Å². The van der Waals surface area contributed by atoms with Crippen LogP contribution in [-0.2, 0) is 16.0 Å². The van der Waals surface area contributed by atoms with E-state index in [-0.39, 0.29) is 23.4 Å². The first-order chi connectivity index (χ1) is 11.9. The number of H-pyrrole nitrogens is 1. The van der Waals surface area contributed by atoms with Crippen LogP contribution in [0.5, 0.6) is 0 Å². The van der Waals surface area contributed by atoms with E-state index in [1.54, 1.807) is 13.8 Å². The van der Waals surface area contributed by atoms with Crippen molar-refractivity contribution in [1.29, 1.82) is 0 Å². The number of aryl methyl sites for hydroxylation is 2. The molecule has 0 spiro atoms. The highest BCUT2D eigenvalue weighted by Crippen LogP contribution is 2.16. The Morgan fingerprint density at radius 2 is 2.16 bits per heavy atom. The van der Waals surface area contributed by atoms with Gasteiger partial charge in [0.25, 0.3) is 0 Å². The van der Waals surface area contributed by atoms with E-state index in [4.69, 9.17) is 0 Å². The molecule has 9 heteroatoms. The molecular weight excluding hydrogens is 345 g/mol. The average Bonchev–Trinajstić information content (AvgIpc) is 3.03. The third-order valence-corrected chi connectivity index (χ3v) is 4.24. The summed E-state index contributed by atoms with van der Waals surface area (Å²) >= 11 is 1.19. The standard InChI is InChI=1S/C16H20FN5O2S/c1-4-13-20-16(22-21-13)25-8-14(23)18-10(3)15(24)19-12-6-5-11(17)7-9(12)2/h5-7,10H,4,8H2,1-3H3,(H,18,23)(H,19,24)(H,20,21,22). The lowest BCUT2D eigenvalue weighted by Crippen LogP contribution is -2.42. The van der Waals surface area contributed by atoms with Crippen LogP contribution in [0.4, 0.5) is 10.1 Å². The van der Waals surface area contributed by atoms with Crippen LogP contribution < -0.4 is 10.6 Å². The lowest BCUT2D eigenvalue weighted by Gasteiger charge is -2.15. The smallest absolute Gasteiger partial charge is 0.246 e. The van der Waals surface area contributed by atoms with Gasteiger partial charge in [-0.1, -0.05) is 18.7 Å². The van der Waals surface area contributed by atoms with Crippen molar-refractivity contribution < 1.29 is 14.0 Å². The number of aromatic amines is 1. The highest BCUT2D eigenvalue weighted by Gasteiger charge is 2.17. The van der Waals surface area contributed by atoms with Crippen LogP contribution >= 0.6 is 11.8 Å². The quantitative estimate of drug-likeness (QED) is 0.652. The Morgan fingerprint density at radius 3 is 2.80 bits per heavy atom. The van der Waals surface area contributed by atoms with Gasteiger partial charge in [0.1, 0.15) is 17.7 Å². The molecule has 0 aliphatic carbocycles. The highest BCUT2D eigenvalue weighted by molar-refractivity contribution is 7.99. The molecule has 1 heterocycles. The fraction of sp³-hybridized carbons (Fsp3) is 0.375. The first-order valence-corrected chi connectivity index (χ1v) is 8.78. The SMILES string of the molecule is CCc1nc(SCC(=O)NC(C)C(=O)Nc2ccc(F)cc2C)n[nH]1. The Kier molecular flexibility index (Phi) is 6.51. The Bertz CT molecular complexity index is 765. The lowest BCUT2D eigenvalue weighted by molar-refractivity contribution is -0.124. The van der Waals surface area contributed by atoms with Crippen LogP contribution in [0.2, 0.25) is 0 Å². The summed E-state index contributed by atoms with van der Waals surface area (Å²) in [5.41, 5.74) is 1.12. The van der Waals surface area contributed by atoms with E-state index in [1.165, 1.54) is 30.0 Å². The van der Waals surface area contributed by atoms with Crippen molar-refractivity contribution in [2.24, 2.45) is 0 Å². The number of amides is 2. The predicted octanol–water partition coefficient (Wildman–Crippen LogP) is 2.05. The van der Waals surface area contributed by atoms with Crippen molar-refractivity contribution in [3.05, 3.63) is 35.4 Å². The number of carbonyl (C=O) groups excluding carboxylic acids is 2. The Labute approximate surface area is 149 Å². The number of aromatic nitrogens is 3. The first kappa shape index (κ1) is 18.9. The van der Waals surface area contributed by atoms with Gasteiger partial charge in [0.2, 0.25) is 17.0 Å². The van der Waals surface area contributed by atoms with Crippen molar-refractivity contribution in [3.63, 3.8) is 0 Å². The van der Waals surface area contributed by atoms with Gasteiger partial charge in [-0.25, -0.2) is 9.37 Å². The second kappa shape index (κ2) is 8.61.